The Hall–Kier alpha value is -1.62. The molecule has 0 heterocycles. The monoisotopic (exact) mass is 280 g/mol. The summed E-state index contributed by atoms with van der Waals surface area (Å²) in [6.45, 7) is 4.26. The Kier molecular flexibility index (Phi) is 4.60. The van der Waals surface area contributed by atoms with E-state index in [2.05, 4.69) is 0 Å². The number of nitrogens with zero attached hydrogens (tertiary/aromatic N) is 1. The highest BCUT2D eigenvalue weighted by Crippen LogP contribution is 2.27. The van der Waals surface area contributed by atoms with Crippen LogP contribution in [0.15, 0.2) is 18.2 Å². The summed E-state index contributed by atoms with van der Waals surface area (Å²) in [6.07, 6.45) is 2.11. The molecule has 1 aliphatic rings. The van der Waals surface area contributed by atoms with E-state index in [9.17, 15) is 9.18 Å². The minimum Gasteiger partial charge on any atom is -0.481 e. The van der Waals surface area contributed by atoms with Crippen molar-refractivity contribution in [3.63, 3.8) is 0 Å². The number of nitrogens with two attached hydrogens (primary N) is 1. The van der Waals surface area contributed by atoms with E-state index < -0.39 is 5.82 Å². The van der Waals surface area contributed by atoms with E-state index in [1.165, 1.54) is 12.1 Å². The van der Waals surface area contributed by atoms with E-state index in [1.54, 1.807) is 17.9 Å². The molecule has 1 saturated carbocycles. The molecular formula is C15H21FN2O2. The van der Waals surface area contributed by atoms with Crippen LogP contribution in [0.25, 0.3) is 0 Å². The van der Waals surface area contributed by atoms with Gasteiger partial charge in [0.05, 0.1) is 0 Å². The standard InChI is InChI=1S/C15H21FN2O2/c1-3-18(12-5-6-12)15(19)9-20-14-7-4-11(10(2)17)8-13(14)16/h4,7-8,10,12H,3,5-6,9,17H2,1-2H3/t10-/m1/s1. The van der Waals surface area contributed by atoms with Gasteiger partial charge in [-0.15, -0.1) is 0 Å². The SMILES string of the molecule is CCN(C(=O)COc1ccc([C@@H](C)N)cc1F)C1CC1. The molecule has 1 aliphatic carbocycles. The minimum atomic E-state index is -0.484. The molecule has 0 aliphatic heterocycles. The highest BCUT2D eigenvalue weighted by molar-refractivity contribution is 5.78. The molecule has 110 valence electrons. The largest absolute Gasteiger partial charge is 0.481 e. The number of benzene rings is 1. The number of likely N-dealkylation sites (N-methyl/N-ethyl adjacent to an activating group) is 1. The molecule has 1 amide bonds. The maximum Gasteiger partial charge on any atom is 0.260 e. The van der Waals surface area contributed by atoms with Gasteiger partial charge in [-0.1, -0.05) is 6.07 Å². The topological polar surface area (TPSA) is 55.6 Å². The van der Waals surface area contributed by atoms with Gasteiger partial charge in [-0.05, 0) is 44.4 Å². The van der Waals surface area contributed by atoms with Crippen molar-refractivity contribution in [3.8, 4) is 5.75 Å². The summed E-state index contributed by atoms with van der Waals surface area (Å²) in [7, 11) is 0. The maximum atomic E-state index is 13.8. The van der Waals surface area contributed by atoms with Gasteiger partial charge in [0.1, 0.15) is 0 Å². The van der Waals surface area contributed by atoms with Crippen molar-refractivity contribution in [2.24, 2.45) is 5.73 Å². The van der Waals surface area contributed by atoms with Crippen molar-refractivity contribution in [3.05, 3.63) is 29.6 Å². The fourth-order valence-corrected chi connectivity index (χ4v) is 2.16. The molecule has 1 aromatic rings. The lowest BCUT2D eigenvalue weighted by molar-refractivity contribution is -0.133. The number of ether oxygens (including phenoxy) is 1. The summed E-state index contributed by atoms with van der Waals surface area (Å²) < 4.78 is 19.1. The van der Waals surface area contributed by atoms with E-state index >= 15 is 0 Å². The van der Waals surface area contributed by atoms with Crippen LogP contribution in [0, 0.1) is 5.82 Å². The fraction of sp³-hybridized carbons (Fsp3) is 0.533. The first-order valence-electron chi connectivity index (χ1n) is 7.00. The Morgan fingerprint density at radius 1 is 1.55 bits per heavy atom. The average Bonchev–Trinajstić information content (AvgIpc) is 3.22. The van der Waals surface area contributed by atoms with Gasteiger partial charge >= 0.3 is 0 Å². The summed E-state index contributed by atoms with van der Waals surface area (Å²) in [5.74, 6) is -0.484. The van der Waals surface area contributed by atoms with Gasteiger partial charge in [-0.3, -0.25) is 4.79 Å². The molecular weight excluding hydrogens is 259 g/mol. The Morgan fingerprint density at radius 3 is 2.75 bits per heavy atom. The molecule has 0 saturated heterocycles. The van der Waals surface area contributed by atoms with Gasteiger partial charge in [0.2, 0.25) is 0 Å². The lowest BCUT2D eigenvalue weighted by Crippen LogP contribution is -2.36. The predicted octanol–water partition coefficient (Wildman–Crippen LogP) is 2.24. The van der Waals surface area contributed by atoms with E-state index in [4.69, 9.17) is 10.5 Å². The lowest BCUT2D eigenvalue weighted by Gasteiger charge is -2.20. The van der Waals surface area contributed by atoms with Crippen molar-refractivity contribution >= 4 is 5.91 Å². The zero-order valence-corrected chi connectivity index (χ0v) is 11.9. The molecule has 0 aromatic heterocycles. The number of halogens is 1. The second-order valence-corrected chi connectivity index (χ2v) is 5.18. The van der Waals surface area contributed by atoms with Crippen LogP contribution in [0.2, 0.25) is 0 Å². The van der Waals surface area contributed by atoms with Crippen LogP contribution in [-0.2, 0) is 4.79 Å². The third kappa shape index (κ3) is 3.48. The molecule has 1 atom stereocenters. The average molecular weight is 280 g/mol. The van der Waals surface area contributed by atoms with Crippen molar-refractivity contribution < 1.29 is 13.9 Å². The summed E-state index contributed by atoms with van der Waals surface area (Å²) in [5, 5.41) is 0. The summed E-state index contributed by atoms with van der Waals surface area (Å²) >= 11 is 0. The quantitative estimate of drug-likeness (QED) is 0.869. The molecule has 0 bridgehead atoms. The number of carbonyl (C=O) groups excluding carboxylic acids is 1. The molecule has 1 fully saturated rings. The number of hydrogen-bond donors (Lipinski definition) is 1. The summed E-state index contributed by atoms with van der Waals surface area (Å²) in [4.78, 5) is 13.8. The molecule has 5 heteroatoms. The number of amides is 1. The first-order valence-corrected chi connectivity index (χ1v) is 7.00. The highest BCUT2D eigenvalue weighted by Gasteiger charge is 2.31. The van der Waals surface area contributed by atoms with Crippen molar-refractivity contribution in [2.45, 2.75) is 38.8 Å². The van der Waals surface area contributed by atoms with E-state index in [-0.39, 0.29) is 24.3 Å². The van der Waals surface area contributed by atoms with Crippen LogP contribution in [0.5, 0.6) is 5.75 Å². The minimum absolute atomic E-state index is 0.0920. The Bertz CT molecular complexity index is 487. The maximum absolute atomic E-state index is 13.8. The predicted molar refractivity (Wildman–Crippen MR) is 74.9 cm³/mol. The first-order chi connectivity index (χ1) is 9.52. The Labute approximate surface area is 118 Å². The van der Waals surface area contributed by atoms with Crippen LogP contribution < -0.4 is 10.5 Å². The van der Waals surface area contributed by atoms with Gasteiger partial charge in [-0.2, -0.15) is 0 Å². The van der Waals surface area contributed by atoms with E-state index in [1.807, 2.05) is 6.92 Å². The number of rotatable bonds is 6. The second kappa shape index (κ2) is 6.22. The first kappa shape index (κ1) is 14.8. The number of hydrogen-bond acceptors (Lipinski definition) is 3. The highest BCUT2D eigenvalue weighted by atomic mass is 19.1. The Morgan fingerprint density at radius 2 is 2.25 bits per heavy atom. The third-order valence-electron chi connectivity index (χ3n) is 3.48. The molecule has 2 rings (SSSR count). The summed E-state index contributed by atoms with van der Waals surface area (Å²) in [6, 6.07) is 4.70. The van der Waals surface area contributed by atoms with Gasteiger partial charge in [0.15, 0.2) is 18.2 Å². The molecule has 20 heavy (non-hydrogen) atoms. The molecule has 4 nitrogen and oxygen atoms in total. The smallest absolute Gasteiger partial charge is 0.260 e. The molecule has 2 N–H and O–H groups in total. The van der Waals surface area contributed by atoms with Gasteiger partial charge in [0, 0.05) is 18.6 Å². The molecule has 0 radical (unpaired) electrons. The molecule has 0 spiro atoms. The van der Waals surface area contributed by atoms with Crippen LogP contribution in [0.1, 0.15) is 38.3 Å². The molecule has 1 aromatic carbocycles. The second-order valence-electron chi connectivity index (χ2n) is 5.18. The summed E-state index contributed by atoms with van der Waals surface area (Å²) in [5.41, 5.74) is 6.39. The van der Waals surface area contributed by atoms with Crippen LogP contribution >= 0.6 is 0 Å². The van der Waals surface area contributed by atoms with Crippen LogP contribution in [-0.4, -0.2) is 30.0 Å². The number of carbonyl (C=O) groups is 1. The van der Waals surface area contributed by atoms with E-state index in [0.717, 1.165) is 12.8 Å². The lowest BCUT2D eigenvalue weighted by atomic mass is 10.1. The van der Waals surface area contributed by atoms with Crippen molar-refractivity contribution in [1.82, 2.24) is 4.90 Å². The zero-order chi connectivity index (χ0) is 14.7. The fourth-order valence-electron chi connectivity index (χ4n) is 2.16. The molecule has 0 unspecified atom stereocenters. The van der Waals surface area contributed by atoms with Gasteiger partial charge < -0.3 is 15.4 Å². The van der Waals surface area contributed by atoms with E-state index in [0.29, 0.717) is 18.2 Å². The third-order valence-corrected chi connectivity index (χ3v) is 3.48. The van der Waals surface area contributed by atoms with Gasteiger partial charge in [-0.25, -0.2) is 4.39 Å². The zero-order valence-electron chi connectivity index (χ0n) is 11.9. The van der Waals surface area contributed by atoms with Crippen LogP contribution in [0.4, 0.5) is 4.39 Å². The van der Waals surface area contributed by atoms with Crippen molar-refractivity contribution in [2.75, 3.05) is 13.2 Å². The Balaban J connectivity index is 1.95. The van der Waals surface area contributed by atoms with Crippen molar-refractivity contribution in [1.29, 1.82) is 0 Å². The van der Waals surface area contributed by atoms with Gasteiger partial charge in [0.25, 0.3) is 5.91 Å². The normalized spacial score (nSPS) is 15.8. The van der Waals surface area contributed by atoms with Crippen LogP contribution in [0.3, 0.4) is 0 Å².